The van der Waals surface area contributed by atoms with E-state index in [0.717, 1.165) is 15.1 Å². The molecular formula is C8H6ClN7S. The van der Waals surface area contributed by atoms with Crippen LogP contribution in [-0.2, 0) is 0 Å². The lowest BCUT2D eigenvalue weighted by Crippen LogP contribution is -1.97. The lowest BCUT2D eigenvalue weighted by molar-refractivity contribution is 0.881. The molecule has 0 atom stereocenters. The van der Waals surface area contributed by atoms with Crippen LogP contribution in [0.5, 0.6) is 0 Å². The first-order chi connectivity index (χ1) is 8.22. The number of aryl methyl sites for hydroxylation is 1. The van der Waals surface area contributed by atoms with Crippen molar-refractivity contribution < 1.29 is 0 Å². The molecule has 7 nitrogen and oxygen atoms in total. The number of tetrazole rings is 1. The average molecular weight is 268 g/mol. The molecule has 0 aromatic carbocycles. The molecule has 0 aliphatic rings. The molecule has 0 aliphatic carbocycles. The van der Waals surface area contributed by atoms with E-state index in [1.165, 1.54) is 0 Å². The number of fused-ring (bicyclic) bond motifs is 1. The lowest BCUT2D eigenvalue weighted by atomic mass is 10.3. The normalized spacial score (nSPS) is 10.9. The minimum absolute atomic E-state index is 0.186. The Morgan fingerprint density at radius 3 is 3.06 bits per heavy atom. The van der Waals surface area contributed by atoms with Crippen molar-refractivity contribution in [2.45, 2.75) is 6.92 Å². The van der Waals surface area contributed by atoms with Gasteiger partial charge in [-0.3, -0.25) is 0 Å². The van der Waals surface area contributed by atoms with Gasteiger partial charge < -0.3 is 5.32 Å². The van der Waals surface area contributed by atoms with Gasteiger partial charge in [0.05, 0.1) is 5.39 Å². The number of hydrogen-bond donors (Lipinski definition) is 2. The van der Waals surface area contributed by atoms with Crippen molar-refractivity contribution in [1.29, 1.82) is 0 Å². The van der Waals surface area contributed by atoms with Gasteiger partial charge in [-0.2, -0.15) is 10.2 Å². The second-order valence-corrected chi connectivity index (χ2v) is 4.85. The van der Waals surface area contributed by atoms with Crippen LogP contribution in [0.25, 0.3) is 10.2 Å². The summed E-state index contributed by atoms with van der Waals surface area (Å²) in [4.78, 5) is 10.2. The topological polar surface area (TPSA) is 92.3 Å². The molecule has 0 amide bonds. The van der Waals surface area contributed by atoms with Gasteiger partial charge in [0.1, 0.15) is 10.6 Å². The van der Waals surface area contributed by atoms with Gasteiger partial charge in [0.15, 0.2) is 0 Å². The van der Waals surface area contributed by atoms with Crippen LogP contribution < -0.4 is 5.32 Å². The Kier molecular flexibility index (Phi) is 2.37. The quantitative estimate of drug-likeness (QED) is 0.689. The highest BCUT2D eigenvalue weighted by atomic mass is 35.5. The molecule has 0 bridgehead atoms. The van der Waals surface area contributed by atoms with Crippen LogP contribution in [0.15, 0.2) is 6.07 Å². The molecule has 0 unspecified atom stereocenters. The largest absolute Gasteiger partial charge is 0.305 e. The highest BCUT2D eigenvalue weighted by Crippen LogP contribution is 2.30. The number of nitrogens with one attached hydrogen (secondary N) is 2. The molecule has 0 saturated heterocycles. The zero-order valence-electron chi connectivity index (χ0n) is 8.60. The Bertz CT molecular complexity index is 662. The summed E-state index contributed by atoms with van der Waals surface area (Å²) < 4.78 is 0. The highest BCUT2D eigenvalue weighted by Gasteiger charge is 2.11. The summed E-state index contributed by atoms with van der Waals surface area (Å²) in [5.74, 6) is 0.913. The third kappa shape index (κ3) is 1.92. The molecule has 0 fully saturated rings. The van der Waals surface area contributed by atoms with Crippen molar-refractivity contribution in [1.82, 2.24) is 30.6 Å². The Morgan fingerprint density at radius 1 is 1.41 bits per heavy atom. The Morgan fingerprint density at radius 2 is 2.29 bits per heavy atom. The number of rotatable bonds is 2. The van der Waals surface area contributed by atoms with Gasteiger partial charge in [-0.05, 0) is 29.8 Å². The first-order valence-electron chi connectivity index (χ1n) is 4.66. The molecular weight excluding hydrogens is 262 g/mol. The van der Waals surface area contributed by atoms with E-state index < -0.39 is 0 Å². The number of aromatic amines is 1. The Hall–Kier alpha value is -1.80. The summed E-state index contributed by atoms with van der Waals surface area (Å²) in [7, 11) is 0. The maximum Gasteiger partial charge on any atom is 0.268 e. The van der Waals surface area contributed by atoms with Crippen molar-refractivity contribution in [3.05, 3.63) is 16.2 Å². The third-order valence-electron chi connectivity index (χ3n) is 2.06. The van der Waals surface area contributed by atoms with Gasteiger partial charge in [-0.1, -0.05) is 5.10 Å². The summed E-state index contributed by atoms with van der Waals surface area (Å²) in [5, 5.41) is 17.4. The van der Waals surface area contributed by atoms with Gasteiger partial charge in [0, 0.05) is 4.88 Å². The minimum atomic E-state index is 0.186. The first-order valence-corrected chi connectivity index (χ1v) is 5.86. The monoisotopic (exact) mass is 267 g/mol. The highest BCUT2D eigenvalue weighted by molar-refractivity contribution is 7.18. The Balaban J connectivity index is 2.14. The van der Waals surface area contributed by atoms with Crippen molar-refractivity contribution in [2.24, 2.45) is 0 Å². The molecule has 17 heavy (non-hydrogen) atoms. The fourth-order valence-corrected chi connectivity index (χ4v) is 2.53. The van der Waals surface area contributed by atoms with E-state index in [4.69, 9.17) is 11.6 Å². The van der Waals surface area contributed by atoms with Gasteiger partial charge in [-0.25, -0.2) is 4.98 Å². The molecule has 0 radical (unpaired) electrons. The number of nitrogens with zero attached hydrogens (tertiary/aromatic N) is 5. The molecule has 0 saturated carbocycles. The molecule has 3 heterocycles. The lowest BCUT2D eigenvalue weighted by Gasteiger charge is -2.01. The van der Waals surface area contributed by atoms with E-state index in [-0.39, 0.29) is 5.28 Å². The molecule has 2 N–H and O–H groups in total. The first kappa shape index (κ1) is 10.4. The van der Waals surface area contributed by atoms with E-state index in [1.54, 1.807) is 11.3 Å². The molecule has 0 aliphatic heterocycles. The van der Waals surface area contributed by atoms with Crippen molar-refractivity contribution in [3.63, 3.8) is 0 Å². The standard InChI is InChI=1S/C8H6ClN7S/c1-3-2-4-5(11-8-13-15-16-14-8)10-7(9)12-6(4)17-3/h2H,1H3,(H2,10,11,12,13,14,15,16). The van der Waals surface area contributed by atoms with Gasteiger partial charge in [0.2, 0.25) is 5.28 Å². The van der Waals surface area contributed by atoms with Gasteiger partial charge in [0.25, 0.3) is 5.95 Å². The average Bonchev–Trinajstić information content (AvgIpc) is 2.86. The number of aromatic nitrogens is 6. The zero-order valence-corrected chi connectivity index (χ0v) is 10.2. The van der Waals surface area contributed by atoms with Crippen LogP contribution in [0.4, 0.5) is 11.8 Å². The van der Waals surface area contributed by atoms with E-state index >= 15 is 0 Å². The summed E-state index contributed by atoms with van der Waals surface area (Å²) in [6, 6.07) is 1.98. The smallest absolute Gasteiger partial charge is 0.268 e. The predicted octanol–water partition coefficient (Wildman–Crippen LogP) is 1.91. The second kappa shape index (κ2) is 3.90. The molecule has 3 aromatic heterocycles. The van der Waals surface area contributed by atoms with E-state index in [2.05, 4.69) is 35.9 Å². The van der Waals surface area contributed by atoms with Crippen LogP contribution in [0, 0.1) is 6.92 Å². The van der Waals surface area contributed by atoms with Crippen molar-refractivity contribution in [3.8, 4) is 0 Å². The number of halogens is 1. The number of thiophene rings is 1. The number of anilines is 2. The Labute approximate surface area is 104 Å². The van der Waals surface area contributed by atoms with Crippen LogP contribution in [-0.4, -0.2) is 30.6 Å². The van der Waals surface area contributed by atoms with Crippen LogP contribution in [0.1, 0.15) is 4.88 Å². The van der Waals surface area contributed by atoms with E-state index in [1.807, 2.05) is 13.0 Å². The zero-order chi connectivity index (χ0) is 11.8. The van der Waals surface area contributed by atoms with E-state index in [0.29, 0.717) is 11.8 Å². The second-order valence-electron chi connectivity index (χ2n) is 3.28. The molecule has 86 valence electrons. The summed E-state index contributed by atoms with van der Waals surface area (Å²) in [6.45, 7) is 2.00. The van der Waals surface area contributed by atoms with Crippen molar-refractivity contribution in [2.75, 3.05) is 5.32 Å². The van der Waals surface area contributed by atoms with Crippen LogP contribution in [0.3, 0.4) is 0 Å². The van der Waals surface area contributed by atoms with Gasteiger partial charge in [-0.15, -0.1) is 16.4 Å². The number of H-pyrrole nitrogens is 1. The maximum absolute atomic E-state index is 5.85. The van der Waals surface area contributed by atoms with Crippen LogP contribution >= 0.6 is 22.9 Å². The molecule has 3 aromatic rings. The molecule has 0 spiro atoms. The fourth-order valence-electron chi connectivity index (χ4n) is 1.43. The maximum atomic E-state index is 5.85. The summed E-state index contributed by atoms with van der Waals surface area (Å²) >= 11 is 7.41. The minimum Gasteiger partial charge on any atom is -0.305 e. The fraction of sp³-hybridized carbons (Fsp3) is 0.125. The molecule has 9 heteroatoms. The van der Waals surface area contributed by atoms with Gasteiger partial charge >= 0.3 is 0 Å². The van der Waals surface area contributed by atoms with E-state index in [9.17, 15) is 0 Å². The SMILES string of the molecule is Cc1cc2c(Nc3nn[nH]n3)nc(Cl)nc2s1. The third-order valence-corrected chi connectivity index (χ3v) is 3.18. The number of hydrogen-bond acceptors (Lipinski definition) is 7. The van der Waals surface area contributed by atoms with Crippen molar-refractivity contribution >= 4 is 44.9 Å². The van der Waals surface area contributed by atoms with Crippen LogP contribution in [0.2, 0.25) is 5.28 Å². The summed E-state index contributed by atoms with van der Waals surface area (Å²) in [5.41, 5.74) is 0. The molecule has 3 rings (SSSR count). The predicted molar refractivity (Wildman–Crippen MR) is 64.6 cm³/mol. The summed E-state index contributed by atoms with van der Waals surface area (Å²) in [6.07, 6.45) is 0.